The summed E-state index contributed by atoms with van der Waals surface area (Å²) in [6.07, 6.45) is 5.92. The van der Waals surface area contributed by atoms with Crippen LogP contribution in [0.25, 0.3) is 0 Å². The van der Waals surface area contributed by atoms with Gasteiger partial charge in [-0.05, 0) is 0 Å². The van der Waals surface area contributed by atoms with E-state index >= 15 is 0 Å². The molecule has 1 aliphatic rings. The molecule has 0 aromatic carbocycles. The van der Waals surface area contributed by atoms with Gasteiger partial charge in [0.1, 0.15) is 5.38 Å². The van der Waals surface area contributed by atoms with Crippen LogP contribution in [-0.4, -0.2) is 16.0 Å². The quantitative estimate of drug-likeness (QED) is 0.275. The van der Waals surface area contributed by atoms with E-state index in [2.05, 4.69) is 0 Å². The molecule has 0 fully saturated rings. The second kappa shape index (κ2) is 2.64. The SMILES string of the molecule is NC1([N+](=O)[O-])C=CC=CC1Cl. The number of nitro groups is 1. The molecular formula is C6H7ClN2O2. The van der Waals surface area contributed by atoms with Crippen molar-refractivity contribution in [2.75, 3.05) is 0 Å². The Hall–Kier alpha value is -0.870. The van der Waals surface area contributed by atoms with Crippen LogP contribution in [0.1, 0.15) is 0 Å². The molecule has 0 aromatic heterocycles. The van der Waals surface area contributed by atoms with Gasteiger partial charge in [0, 0.05) is 11.0 Å². The van der Waals surface area contributed by atoms with Crippen molar-refractivity contribution in [1.82, 2.24) is 0 Å². The van der Waals surface area contributed by atoms with E-state index in [1.165, 1.54) is 18.2 Å². The first-order valence-electron chi connectivity index (χ1n) is 3.01. The first-order chi connectivity index (χ1) is 5.07. The second-order valence-electron chi connectivity index (χ2n) is 2.29. The highest BCUT2D eigenvalue weighted by molar-refractivity contribution is 6.22. The predicted octanol–water partition coefficient (Wildman–Crippen LogP) is 0.652. The van der Waals surface area contributed by atoms with Crippen LogP contribution >= 0.6 is 11.6 Å². The van der Waals surface area contributed by atoms with Gasteiger partial charge in [-0.3, -0.25) is 15.8 Å². The zero-order valence-corrected chi connectivity index (χ0v) is 6.36. The molecule has 0 radical (unpaired) electrons. The number of allylic oxidation sites excluding steroid dienone is 2. The Bertz CT molecular complexity index is 239. The molecule has 1 aliphatic carbocycles. The lowest BCUT2D eigenvalue weighted by Gasteiger charge is -2.21. The summed E-state index contributed by atoms with van der Waals surface area (Å²) in [5.41, 5.74) is 3.73. The van der Waals surface area contributed by atoms with Crippen molar-refractivity contribution in [3.05, 3.63) is 34.4 Å². The first kappa shape index (κ1) is 8.23. The molecule has 2 N–H and O–H groups in total. The Labute approximate surface area is 68.5 Å². The topological polar surface area (TPSA) is 69.2 Å². The van der Waals surface area contributed by atoms with Crippen LogP contribution in [0.3, 0.4) is 0 Å². The van der Waals surface area contributed by atoms with Crippen molar-refractivity contribution in [3.8, 4) is 0 Å². The second-order valence-corrected chi connectivity index (χ2v) is 2.76. The fraction of sp³-hybridized carbons (Fsp3) is 0.333. The van der Waals surface area contributed by atoms with E-state index in [1.807, 2.05) is 0 Å². The first-order valence-corrected chi connectivity index (χ1v) is 3.44. The summed E-state index contributed by atoms with van der Waals surface area (Å²) in [6.45, 7) is 0. The Morgan fingerprint density at radius 2 is 2.27 bits per heavy atom. The maximum Gasteiger partial charge on any atom is 0.311 e. The van der Waals surface area contributed by atoms with E-state index < -0.39 is 16.0 Å². The van der Waals surface area contributed by atoms with Crippen LogP contribution in [0.2, 0.25) is 0 Å². The van der Waals surface area contributed by atoms with Gasteiger partial charge < -0.3 is 0 Å². The van der Waals surface area contributed by atoms with Gasteiger partial charge >= 0.3 is 5.66 Å². The van der Waals surface area contributed by atoms with E-state index in [0.717, 1.165) is 0 Å². The van der Waals surface area contributed by atoms with E-state index in [4.69, 9.17) is 17.3 Å². The molecule has 4 nitrogen and oxygen atoms in total. The molecule has 0 bridgehead atoms. The highest BCUT2D eigenvalue weighted by atomic mass is 35.5. The zero-order chi connectivity index (χ0) is 8.48. The fourth-order valence-electron chi connectivity index (χ4n) is 0.779. The number of hydrogen-bond donors (Lipinski definition) is 1. The van der Waals surface area contributed by atoms with Crippen LogP contribution in [0.4, 0.5) is 0 Å². The number of hydrogen-bond acceptors (Lipinski definition) is 3. The number of nitrogens with two attached hydrogens (primary N) is 1. The van der Waals surface area contributed by atoms with Gasteiger partial charge in [0.05, 0.1) is 0 Å². The molecule has 0 aromatic rings. The third-order valence-electron chi connectivity index (χ3n) is 1.51. The molecule has 2 atom stereocenters. The maximum absolute atomic E-state index is 10.4. The van der Waals surface area contributed by atoms with Gasteiger partial charge in [0.15, 0.2) is 0 Å². The van der Waals surface area contributed by atoms with E-state index in [-0.39, 0.29) is 0 Å². The average Bonchev–Trinajstić information content (AvgIpc) is 1.95. The average molecular weight is 175 g/mol. The number of alkyl halides is 1. The minimum atomic E-state index is -1.64. The lowest BCUT2D eigenvalue weighted by atomic mass is 10.0. The molecule has 60 valence electrons. The molecule has 2 unspecified atom stereocenters. The van der Waals surface area contributed by atoms with Crippen molar-refractivity contribution in [2.24, 2.45) is 5.73 Å². The molecule has 1 rings (SSSR count). The maximum atomic E-state index is 10.4. The minimum absolute atomic E-state index is 0.593. The molecule has 0 aliphatic heterocycles. The third-order valence-corrected chi connectivity index (χ3v) is 2.01. The molecule has 0 spiro atoms. The van der Waals surface area contributed by atoms with Gasteiger partial charge in [-0.2, -0.15) is 0 Å². The van der Waals surface area contributed by atoms with Crippen molar-refractivity contribution in [1.29, 1.82) is 0 Å². The number of rotatable bonds is 1. The Morgan fingerprint density at radius 1 is 1.64 bits per heavy atom. The van der Waals surface area contributed by atoms with E-state index in [1.54, 1.807) is 6.08 Å². The number of nitrogens with zero attached hydrogens (tertiary/aromatic N) is 1. The van der Waals surface area contributed by atoms with Crippen molar-refractivity contribution in [2.45, 2.75) is 11.0 Å². The molecule has 0 saturated carbocycles. The minimum Gasteiger partial charge on any atom is -0.262 e. The molecule has 0 amide bonds. The molecule has 11 heavy (non-hydrogen) atoms. The smallest absolute Gasteiger partial charge is 0.262 e. The molecule has 5 heteroatoms. The van der Waals surface area contributed by atoms with Crippen LogP contribution in [0.5, 0.6) is 0 Å². The Kier molecular flexibility index (Phi) is 1.97. The predicted molar refractivity (Wildman–Crippen MR) is 41.8 cm³/mol. The summed E-state index contributed by atoms with van der Waals surface area (Å²) in [5, 5.41) is 9.62. The van der Waals surface area contributed by atoms with Gasteiger partial charge in [0.2, 0.25) is 0 Å². The van der Waals surface area contributed by atoms with Crippen molar-refractivity contribution < 1.29 is 4.92 Å². The van der Waals surface area contributed by atoms with Crippen molar-refractivity contribution >= 4 is 11.6 Å². The van der Waals surface area contributed by atoms with Crippen LogP contribution in [-0.2, 0) is 0 Å². The number of halogens is 1. The fourth-order valence-corrected chi connectivity index (χ4v) is 1.02. The van der Waals surface area contributed by atoms with Crippen molar-refractivity contribution in [3.63, 3.8) is 0 Å². The summed E-state index contributed by atoms with van der Waals surface area (Å²) in [7, 11) is 0. The van der Waals surface area contributed by atoms with Crippen LogP contribution < -0.4 is 5.73 Å². The summed E-state index contributed by atoms with van der Waals surface area (Å²) in [4.78, 5) is 9.80. The lowest BCUT2D eigenvalue weighted by molar-refractivity contribution is -0.552. The van der Waals surface area contributed by atoms with Gasteiger partial charge in [0.25, 0.3) is 0 Å². The molecular weight excluding hydrogens is 168 g/mol. The summed E-state index contributed by atoms with van der Waals surface area (Å²) in [5.74, 6) is 0. The zero-order valence-electron chi connectivity index (χ0n) is 5.61. The van der Waals surface area contributed by atoms with Gasteiger partial charge in [-0.1, -0.05) is 18.2 Å². The standard InChI is InChI=1S/C6H7ClN2O2/c7-5-3-1-2-4-6(5,8)9(10)11/h1-5H,8H2. The monoisotopic (exact) mass is 174 g/mol. The lowest BCUT2D eigenvalue weighted by Crippen LogP contribution is -2.53. The summed E-state index contributed by atoms with van der Waals surface area (Å²) >= 11 is 5.61. The van der Waals surface area contributed by atoms with Gasteiger partial charge in [-0.15, -0.1) is 11.6 Å². The van der Waals surface area contributed by atoms with Crippen LogP contribution in [0.15, 0.2) is 24.3 Å². The van der Waals surface area contributed by atoms with Gasteiger partial charge in [-0.25, -0.2) is 0 Å². The van der Waals surface area contributed by atoms with E-state index in [0.29, 0.717) is 0 Å². The summed E-state index contributed by atoms with van der Waals surface area (Å²) in [6, 6.07) is 0. The largest absolute Gasteiger partial charge is 0.311 e. The Morgan fingerprint density at radius 3 is 2.64 bits per heavy atom. The Balaban J connectivity index is 2.94. The molecule has 0 heterocycles. The summed E-state index contributed by atoms with van der Waals surface area (Å²) < 4.78 is 0. The normalized spacial score (nSPS) is 35.6. The third kappa shape index (κ3) is 1.27. The van der Waals surface area contributed by atoms with Crippen LogP contribution in [0, 0.1) is 10.1 Å². The highest BCUT2D eigenvalue weighted by Crippen LogP contribution is 2.20. The van der Waals surface area contributed by atoms with E-state index in [9.17, 15) is 10.1 Å². The molecule has 0 saturated heterocycles. The highest BCUT2D eigenvalue weighted by Gasteiger charge is 2.43.